The van der Waals surface area contributed by atoms with Crippen LogP contribution in [0.5, 0.6) is 0 Å². The lowest BCUT2D eigenvalue weighted by Gasteiger charge is -2.49. The van der Waals surface area contributed by atoms with Gasteiger partial charge >= 0.3 is 6.18 Å². The molecule has 3 aromatic heterocycles. The lowest BCUT2D eigenvalue weighted by Crippen LogP contribution is -2.65. The largest absolute Gasteiger partial charge is 0.389 e. The molecule has 2 aliphatic rings. The molecule has 1 aliphatic heterocycles. The third-order valence-corrected chi connectivity index (χ3v) is 8.26. The Labute approximate surface area is 239 Å². The predicted octanol–water partition coefficient (Wildman–Crippen LogP) is 4.97. The second-order valence-electron chi connectivity index (χ2n) is 11.6. The van der Waals surface area contributed by atoms with E-state index < -0.39 is 30.3 Å². The molecular weight excluding hydrogens is 547 g/mol. The van der Waals surface area contributed by atoms with Gasteiger partial charge in [0.2, 0.25) is 5.91 Å². The van der Waals surface area contributed by atoms with E-state index in [0.717, 1.165) is 29.5 Å². The summed E-state index contributed by atoms with van der Waals surface area (Å²) >= 11 is 0. The van der Waals surface area contributed by atoms with E-state index in [1.807, 2.05) is 30.2 Å². The molecule has 0 radical (unpaired) electrons. The zero-order chi connectivity index (χ0) is 29.7. The smallest absolute Gasteiger partial charge is 0.337 e. The molecule has 42 heavy (non-hydrogen) atoms. The van der Waals surface area contributed by atoms with Gasteiger partial charge in [-0.25, -0.2) is 9.50 Å². The third kappa shape index (κ3) is 5.26. The molecule has 216 valence electrons. The van der Waals surface area contributed by atoms with E-state index in [2.05, 4.69) is 21.3 Å². The molecule has 1 amide bonds. The van der Waals surface area contributed by atoms with E-state index in [-0.39, 0.29) is 24.2 Å². The average Bonchev–Trinajstić information content (AvgIpc) is 3.32. The number of ketones is 1. The summed E-state index contributed by atoms with van der Waals surface area (Å²) < 4.78 is 40.9. The molecule has 9 nitrogen and oxygen atoms in total. The molecule has 1 saturated heterocycles. The number of nitriles is 1. The van der Waals surface area contributed by atoms with Crippen molar-refractivity contribution >= 4 is 17.3 Å². The van der Waals surface area contributed by atoms with Crippen LogP contribution in [0.4, 0.5) is 13.2 Å². The molecule has 12 heteroatoms. The SMILES string of the molecule is CC1(C(=O)N2CC(CC#N)(n3cc(-c4cnn5c(-c6cccc(CC(=O)CCC(F)(F)F)c6)cnc5c4)cn3)C2)CC1. The first kappa shape index (κ1) is 27.6. The fourth-order valence-electron chi connectivity index (χ4n) is 5.48. The van der Waals surface area contributed by atoms with Crippen LogP contribution in [-0.2, 0) is 21.5 Å². The fraction of sp³-hybridized carbons (Fsp3) is 0.400. The number of nitrogens with zero attached hydrogens (tertiary/aromatic N) is 7. The fourth-order valence-corrected chi connectivity index (χ4v) is 5.48. The Morgan fingerprint density at radius 2 is 1.81 bits per heavy atom. The van der Waals surface area contributed by atoms with Crippen LogP contribution in [0.3, 0.4) is 0 Å². The van der Waals surface area contributed by atoms with Gasteiger partial charge < -0.3 is 4.90 Å². The second kappa shape index (κ2) is 10.1. The first-order valence-electron chi connectivity index (χ1n) is 13.7. The van der Waals surface area contributed by atoms with Crippen molar-refractivity contribution in [2.24, 2.45) is 5.41 Å². The minimum absolute atomic E-state index is 0.0826. The van der Waals surface area contributed by atoms with Crippen LogP contribution in [0.2, 0.25) is 0 Å². The van der Waals surface area contributed by atoms with Gasteiger partial charge in [0, 0.05) is 54.2 Å². The number of imidazole rings is 1. The van der Waals surface area contributed by atoms with Crippen molar-refractivity contribution < 1.29 is 22.8 Å². The van der Waals surface area contributed by atoms with Crippen LogP contribution in [0.25, 0.3) is 28.0 Å². The minimum atomic E-state index is -4.36. The molecule has 0 bridgehead atoms. The summed E-state index contributed by atoms with van der Waals surface area (Å²) in [5.41, 5.74) is 3.36. The summed E-state index contributed by atoms with van der Waals surface area (Å²) in [5.74, 6) is -0.326. The number of Topliss-reactive ketones (excluding diaryl/α,β-unsaturated/α-hetero) is 1. The molecule has 0 unspecified atom stereocenters. The normalized spacial score (nSPS) is 17.1. The lowest BCUT2D eigenvalue weighted by molar-refractivity contribution is -0.148. The Morgan fingerprint density at radius 3 is 2.52 bits per heavy atom. The predicted molar refractivity (Wildman–Crippen MR) is 146 cm³/mol. The molecule has 2 fully saturated rings. The van der Waals surface area contributed by atoms with Crippen LogP contribution in [0.15, 0.2) is 55.1 Å². The number of fused-ring (bicyclic) bond motifs is 1. The summed E-state index contributed by atoms with van der Waals surface area (Å²) in [4.78, 5) is 31.2. The van der Waals surface area contributed by atoms with E-state index >= 15 is 0 Å². The monoisotopic (exact) mass is 575 g/mol. The molecular formula is C30H28F3N7O2. The number of benzene rings is 1. The molecule has 1 aromatic carbocycles. The van der Waals surface area contributed by atoms with Crippen LogP contribution >= 0.6 is 0 Å². The molecule has 6 rings (SSSR count). The first-order chi connectivity index (χ1) is 20.0. The number of hydrogen-bond donors (Lipinski definition) is 0. The van der Waals surface area contributed by atoms with Crippen LogP contribution in [0, 0.1) is 16.7 Å². The van der Waals surface area contributed by atoms with E-state index in [1.54, 1.807) is 46.0 Å². The van der Waals surface area contributed by atoms with Crippen molar-refractivity contribution in [3.63, 3.8) is 0 Å². The third-order valence-electron chi connectivity index (χ3n) is 8.26. The Morgan fingerprint density at radius 1 is 1.05 bits per heavy atom. The summed E-state index contributed by atoms with van der Waals surface area (Å²) in [6.45, 7) is 2.88. The van der Waals surface area contributed by atoms with Gasteiger partial charge in [-0.15, -0.1) is 0 Å². The Balaban J connectivity index is 1.19. The van der Waals surface area contributed by atoms with Crippen LogP contribution in [0.1, 0.15) is 44.6 Å². The highest BCUT2D eigenvalue weighted by atomic mass is 19.4. The maximum absolute atomic E-state index is 12.8. The van der Waals surface area contributed by atoms with E-state index in [9.17, 15) is 28.0 Å². The highest BCUT2D eigenvalue weighted by Gasteiger charge is 2.54. The summed E-state index contributed by atoms with van der Waals surface area (Å²) in [6.07, 6.45) is 2.86. The van der Waals surface area contributed by atoms with Gasteiger partial charge in [0.05, 0.1) is 43.2 Å². The van der Waals surface area contributed by atoms with Gasteiger partial charge in [-0.05, 0) is 30.5 Å². The number of likely N-dealkylation sites (tertiary alicyclic amines) is 1. The summed E-state index contributed by atoms with van der Waals surface area (Å²) in [5, 5.41) is 18.6. The maximum atomic E-state index is 12.8. The maximum Gasteiger partial charge on any atom is 0.389 e. The Bertz CT molecular complexity index is 1720. The first-order valence-corrected chi connectivity index (χ1v) is 13.7. The van der Waals surface area contributed by atoms with Gasteiger partial charge in [0.15, 0.2) is 5.65 Å². The number of alkyl halides is 3. The lowest BCUT2D eigenvalue weighted by atomic mass is 9.85. The van der Waals surface area contributed by atoms with Crippen molar-refractivity contribution in [3.05, 3.63) is 60.7 Å². The molecule has 4 heterocycles. The summed E-state index contributed by atoms with van der Waals surface area (Å²) in [6, 6.07) is 11.2. The zero-order valence-electron chi connectivity index (χ0n) is 22.9. The van der Waals surface area contributed by atoms with Crippen molar-refractivity contribution in [2.45, 2.75) is 57.2 Å². The van der Waals surface area contributed by atoms with Gasteiger partial charge in [0.25, 0.3) is 0 Å². The molecule has 0 spiro atoms. The quantitative estimate of drug-likeness (QED) is 0.279. The highest BCUT2D eigenvalue weighted by molar-refractivity contribution is 5.86. The Kier molecular flexibility index (Phi) is 6.63. The topological polar surface area (TPSA) is 109 Å². The zero-order valence-corrected chi connectivity index (χ0v) is 22.9. The van der Waals surface area contributed by atoms with Crippen molar-refractivity contribution in [3.8, 4) is 28.5 Å². The van der Waals surface area contributed by atoms with Crippen molar-refractivity contribution in [2.75, 3.05) is 13.1 Å². The van der Waals surface area contributed by atoms with Gasteiger partial charge in [-0.3, -0.25) is 14.3 Å². The van der Waals surface area contributed by atoms with Gasteiger partial charge in [-0.2, -0.15) is 28.6 Å². The standard InChI is InChI=1S/C30H28F3N7O2/c1-28(7-8-28)27(42)38-18-29(19-38,9-10-34)39-17-23(15-36-39)22-13-26-35-16-25(40(26)37-14-22)21-4-2-3-20(11-21)12-24(41)5-6-30(31,32)33/h2-4,11,13-17H,5-9,12,18-19H2,1H3. The number of halogens is 3. The van der Waals surface area contributed by atoms with E-state index in [4.69, 9.17) is 0 Å². The number of aromatic nitrogens is 5. The highest BCUT2D eigenvalue weighted by Crippen LogP contribution is 2.48. The number of carbonyl (C=O) groups is 2. The summed E-state index contributed by atoms with van der Waals surface area (Å²) in [7, 11) is 0. The average molecular weight is 576 g/mol. The van der Waals surface area contributed by atoms with Crippen molar-refractivity contribution in [1.29, 1.82) is 5.26 Å². The minimum Gasteiger partial charge on any atom is -0.337 e. The van der Waals surface area contributed by atoms with Crippen LogP contribution in [-0.4, -0.2) is 60.2 Å². The van der Waals surface area contributed by atoms with Gasteiger partial charge in [-0.1, -0.05) is 25.1 Å². The van der Waals surface area contributed by atoms with Crippen molar-refractivity contribution in [1.82, 2.24) is 29.3 Å². The number of carbonyl (C=O) groups excluding carboxylic acids is 2. The Hall–Kier alpha value is -4.53. The second-order valence-corrected chi connectivity index (χ2v) is 11.6. The molecule has 0 atom stereocenters. The van der Waals surface area contributed by atoms with E-state index in [0.29, 0.717) is 30.0 Å². The number of hydrogen-bond acceptors (Lipinski definition) is 6. The number of rotatable bonds is 9. The molecule has 4 aromatic rings. The van der Waals surface area contributed by atoms with E-state index in [1.165, 1.54) is 0 Å². The molecule has 1 aliphatic carbocycles. The van der Waals surface area contributed by atoms with Gasteiger partial charge in [0.1, 0.15) is 11.3 Å². The molecule has 1 saturated carbocycles. The van der Waals surface area contributed by atoms with Crippen LogP contribution < -0.4 is 0 Å². The number of amides is 1. The molecule has 0 N–H and O–H groups in total.